The number of ether oxygens (including phenoxy) is 2. The third-order valence-electron chi connectivity index (χ3n) is 8.75. The number of esters is 2. The molecule has 5 heteroatoms. The summed E-state index contributed by atoms with van der Waals surface area (Å²) in [4.78, 5) is 24.1. The van der Waals surface area contributed by atoms with Crippen LogP contribution in [0, 0.1) is 0 Å². The van der Waals surface area contributed by atoms with E-state index in [1.807, 2.05) is 0 Å². The molecule has 0 aliphatic rings. The minimum Gasteiger partial charge on any atom is -0.462 e. The van der Waals surface area contributed by atoms with E-state index < -0.39 is 6.10 Å². The molecule has 5 nitrogen and oxygen atoms in total. The average molecular weight is 649 g/mol. The molecule has 0 aromatic rings. The Kier molecular flexibility index (Phi) is 36.5. The first-order valence-corrected chi connectivity index (χ1v) is 19.9. The number of carbonyl (C=O) groups excluding carboxylic acids is 2. The first kappa shape index (κ1) is 44.4. The molecule has 270 valence electrons. The van der Waals surface area contributed by atoms with Crippen molar-refractivity contribution in [2.24, 2.45) is 0 Å². The van der Waals surface area contributed by atoms with Gasteiger partial charge < -0.3 is 14.6 Å². The summed E-state index contributed by atoms with van der Waals surface area (Å²) in [6.45, 7) is 4.11. The lowest BCUT2D eigenvalue weighted by Crippen LogP contribution is -2.28. The Morgan fingerprint density at radius 2 is 0.870 bits per heavy atom. The van der Waals surface area contributed by atoms with E-state index in [4.69, 9.17) is 9.47 Å². The summed E-state index contributed by atoms with van der Waals surface area (Å²) in [6, 6.07) is 0. The summed E-state index contributed by atoms with van der Waals surface area (Å²) in [7, 11) is 0. The molecule has 0 aromatic carbocycles. The number of aliphatic hydroxyl groups excluding tert-OH is 1. The maximum atomic E-state index is 12.1. The van der Waals surface area contributed by atoms with Gasteiger partial charge >= 0.3 is 11.9 Å². The first-order valence-electron chi connectivity index (χ1n) is 19.9. The zero-order valence-electron chi connectivity index (χ0n) is 30.6. The number of unbranched alkanes of at least 4 members (excludes halogenated alkanes) is 24. The summed E-state index contributed by atoms with van der Waals surface area (Å²) >= 11 is 0. The van der Waals surface area contributed by atoms with Crippen LogP contribution in [0.3, 0.4) is 0 Å². The van der Waals surface area contributed by atoms with Crippen molar-refractivity contribution in [1.82, 2.24) is 0 Å². The summed E-state index contributed by atoms with van der Waals surface area (Å²) < 4.78 is 10.6. The molecule has 0 amide bonds. The Bertz CT molecular complexity index is 701. The van der Waals surface area contributed by atoms with Crippen LogP contribution in [0.25, 0.3) is 0 Å². The minimum atomic E-state index is -0.766. The largest absolute Gasteiger partial charge is 0.462 e. The molecule has 46 heavy (non-hydrogen) atoms. The average Bonchev–Trinajstić information content (AvgIpc) is 3.06. The molecule has 1 atom stereocenters. The van der Waals surface area contributed by atoms with E-state index in [1.165, 1.54) is 135 Å². The van der Waals surface area contributed by atoms with E-state index in [1.54, 1.807) is 0 Å². The number of rotatable bonds is 36. The van der Waals surface area contributed by atoms with Gasteiger partial charge in [-0.15, -0.1) is 0 Å². The number of aliphatic hydroxyl groups is 1. The van der Waals surface area contributed by atoms with Gasteiger partial charge in [0.1, 0.15) is 6.61 Å². The molecule has 1 unspecified atom stereocenters. The predicted octanol–water partition coefficient (Wildman–Crippen LogP) is 12.3. The van der Waals surface area contributed by atoms with Gasteiger partial charge in [0.2, 0.25) is 0 Å². The highest BCUT2D eigenvalue weighted by molar-refractivity contribution is 5.70. The van der Waals surface area contributed by atoms with E-state index in [-0.39, 0.29) is 25.2 Å². The topological polar surface area (TPSA) is 72.8 Å². The molecule has 0 aliphatic heterocycles. The molecular weight excluding hydrogens is 572 g/mol. The molecule has 0 aromatic heterocycles. The molecule has 0 aliphatic carbocycles. The maximum Gasteiger partial charge on any atom is 0.306 e. The lowest BCUT2D eigenvalue weighted by atomic mass is 10.0. The monoisotopic (exact) mass is 649 g/mol. The van der Waals surface area contributed by atoms with Gasteiger partial charge in [-0.05, 0) is 44.9 Å². The van der Waals surface area contributed by atoms with E-state index in [9.17, 15) is 14.7 Å². The smallest absolute Gasteiger partial charge is 0.306 e. The lowest BCUT2D eigenvalue weighted by Gasteiger charge is -2.15. The van der Waals surface area contributed by atoms with E-state index >= 15 is 0 Å². The summed E-state index contributed by atoms with van der Waals surface area (Å²) in [5, 5.41) is 9.52. The van der Waals surface area contributed by atoms with Crippen LogP contribution in [-0.4, -0.2) is 36.4 Å². The van der Waals surface area contributed by atoms with Crippen LogP contribution in [0.2, 0.25) is 0 Å². The highest BCUT2D eigenvalue weighted by Gasteiger charge is 2.16. The van der Waals surface area contributed by atoms with E-state index in [2.05, 4.69) is 38.2 Å². The van der Waals surface area contributed by atoms with Crippen LogP contribution in [0.5, 0.6) is 0 Å². The van der Waals surface area contributed by atoms with Crippen molar-refractivity contribution in [3.05, 3.63) is 24.3 Å². The zero-order valence-corrected chi connectivity index (χ0v) is 30.6. The third kappa shape index (κ3) is 35.2. The zero-order chi connectivity index (χ0) is 33.6. The number of carbonyl (C=O) groups is 2. The minimum absolute atomic E-state index is 0.0627. The van der Waals surface area contributed by atoms with Gasteiger partial charge in [0.05, 0.1) is 6.61 Å². The molecule has 0 spiro atoms. The van der Waals surface area contributed by atoms with Crippen molar-refractivity contribution in [3.63, 3.8) is 0 Å². The van der Waals surface area contributed by atoms with Gasteiger partial charge in [0.15, 0.2) is 6.10 Å². The quantitative estimate of drug-likeness (QED) is 0.0416. The Morgan fingerprint density at radius 3 is 1.28 bits per heavy atom. The summed E-state index contributed by atoms with van der Waals surface area (Å²) in [5.74, 6) is -0.590. The molecular formula is C41H76O5. The highest BCUT2D eigenvalue weighted by Crippen LogP contribution is 2.14. The molecule has 0 saturated carbocycles. The van der Waals surface area contributed by atoms with Gasteiger partial charge in [-0.3, -0.25) is 9.59 Å². The van der Waals surface area contributed by atoms with Gasteiger partial charge in [0.25, 0.3) is 0 Å². The Hall–Kier alpha value is -1.62. The second-order valence-electron chi connectivity index (χ2n) is 13.4. The third-order valence-corrected chi connectivity index (χ3v) is 8.75. The molecule has 0 heterocycles. The highest BCUT2D eigenvalue weighted by atomic mass is 16.6. The van der Waals surface area contributed by atoms with Crippen LogP contribution >= 0.6 is 0 Å². The maximum absolute atomic E-state index is 12.1. The van der Waals surface area contributed by atoms with Gasteiger partial charge in [-0.2, -0.15) is 0 Å². The fourth-order valence-electron chi connectivity index (χ4n) is 5.70. The van der Waals surface area contributed by atoms with Crippen molar-refractivity contribution in [2.45, 2.75) is 213 Å². The van der Waals surface area contributed by atoms with Gasteiger partial charge in [0, 0.05) is 12.8 Å². The SMILES string of the molecule is CCCCCCC/C=C\C/C=C\CCCCCCCCCCCCCC(=O)OC(CO)COC(=O)CCCCCCCCCCC. The first-order chi connectivity index (χ1) is 22.6. The molecule has 0 fully saturated rings. The summed E-state index contributed by atoms with van der Waals surface area (Å²) in [5.41, 5.74) is 0. The standard InChI is InChI=1S/C41H76O5/c1-3-5-7-9-11-13-14-15-16-17-18-19-20-21-22-23-24-25-26-28-30-32-34-36-41(44)46-39(37-42)38-45-40(43)35-33-31-29-27-12-10-8-6-4-2/h14-15,17-18,39,42H,3-13,16,19-38H2,1-2H3/b15-14-,18-17-. The number of hydrogen-bond donors (Lipinski definition) is 1. The predicted molar refractivity (Wildman–Crippen MR) is 196 cm³/mol. The normalized spacial score (nSPS) is 12.3. The molecule has 0 saturated heterocycles. The van der Waals surface area contributed by atoms with Crippen LogP contribution in [-0.2, 0) is 19.1 Å². The van der Waals surface area contributed by atoms with Crippen LogP contribution < -0.4 is 0 Å². The Labute approximate surface area is 285 Å². The van der Waals surface area contributed by atoms with Gasteiger partial charge in [-0.25, -0.2) is 0 Å². The van der Waals surface area contributed by atoms with Crippen LogP contribution in [0.4, 0.5) is 0 Å². The Morgan fingerprint density at radius 1 is 0.500 bits per heavy atom. The molecule has 0 radical (unpaired) electrons. The van der Waals surface area contributed by atoms with Crippen LogP contribution in [0.1, 0.15) is 206 Å². The van der Waals surface area contributed by atoms with Crippen molar-refractivity contribution < 1.29 is 24.2 Å². The summed E-state index contributed by atoms with van der Waals surface area (Å²) in [6.07, 6.45) is 43.9. The molecule has 0 bridgehead atoms. The molecule has 1 N–H and O–H groups in total. The van der Waals surface area contributed by atoms with Gasteiger partial charge in [-0.1, -0.05) is 173 Å². The van der Waals surface area contributed by atoms with E-state index in [0.29, 0.717) is 12.8 Å². The fraction of sp³-hybridized carbons (Fsp3) is 0.854. The fourth-order valence-corrected chi connectivity index (χ4v) is 5.70. The van der Waals surface area contributed by atoms with Crippen molar-refractivity contribution >= 4 is 11.9 Å². The van der Waals surface area contributed by atoms with Crippen molar-refractivity contribution in [2.75, 3.05) is 13.2 Å². The second kappa shape index (κ2) is 37.8. The van der Waals surface area contributed by atoms with Crippen molar-refractivity contribution in [3.8, 4) is 0 Å². The second-order valence-corrected chi connectivity index (χ2v) is 13.4. The molecule has 0 rings (SSSR count). The van der Waals surface area contributed by atoms with Crippen molar-refractivity contribution in [1.29, 1.82) is 0 Å². The Balaban J connectivity index is 3.49. The number of allylic oxidation sites excluding steroid dienone is 4. The van der Waals surface area contributed by atoms with E-state index in [0.717, 1.165) is 44.9 Å². The van der Waals surface area contributed by atoms with Crippen LogP contribution in [0.15, 0.2) is 24.3 Å². The number of hydrogen-bond acceptors (Lipinski definition) is 5. The lowest BCUT2D eigenvalue weighted by molar-refractivity contribution is -0.161.